The summed E-state index contributed by atoms with van der Waals surface area (Å²) in [4.78, 5) is 2.52. The van der Waals surface area contributed by atoms with Crippen molar-refractivity contribution in [3.63, 3.8) is 0 Å². The van der Waals surface area contributed by atoms with Crippen LogP contribution in [-0.4, -0.2) is 31.1 Å². The quantitative estimate of drug-likeness (QED) is 0.853. The average molecular weight is 239 g/mol. The first-order valence-electron chi connectivity index (χ1n) is 6.01. The molecule has 0 amide bonds. The van der Waals surface area contributed by atoms with E-state index in [1.165, 1.54) is 18.5 Å². The van der Waals surface area contributed by atoms with E-state index in [-0.39, 0.29) is 0 Å². The van der Waals surface area contributed by atoms with Crippen LogP contribution in [0.15, 0.2) is 24.3 Å². The largest absolute Gasteiger partial charge is 0.315 e. The van der Waals surface area contributed by atoms with Gasteiger partial charge in [0, 0.05) is 17.6 Å². The van der Waals surface area contributed by atoms with Gasteiger partial charge in [-0.2, -0.15) is 0 Å². The van der Waals surface area contributed by atoms with Crippen LogP contribution in [0, 0.1) is 0 Å². The second kappa shape index (κ2) is 5.67. The summed E-state index contributed by atoms with van der Waals surface area (Å²) >= 11 is 6.06. The minimum absolute atomic E-state index is 0.464. The molecule has 0 saturated carbocycles. The monoisotopic (exact) mass is 238 g/mol. The summed E-state index contributed by atoms with van der Waals surface area (Å²) in [5, 5.41) is 4.33. The highest BCUT2D eigenvalue weighted by molar-refractivity contribution is 6.30. The van der Waals surface area contributed by atoms with Crippen molar-refractivity contribution >= 4 is 11.6 Å². The summed E-state index contributed by atoms with van der Waals surface area (Å²) in [7, 11) is 0. The Bertz CT molecular complexity index is 340. The zero-order valence-corrected chi connectivity index (χ0v) is 10.5. The third kappa shape index (κ3) is 2.76. The SMILES string of the molecule is CCN1CCCNCC1c1cccc(Cl)c1. The summed E-state index contributed by atoms with van der Waals surface area (Å²) in [6, 6.07) is 8.70. The molecular weight excluding hydrogens is 220 g/mol. The molecule has 1 N–H and O–H groups in total. The molecule has 0 bridgehead atoms. The molecule has 1 unspecified atom stereocenters. The van der Waals surface area contributed by atoms with Crippen LogP contribution in [0.1, 0.15) is 24.9 Å². The van der Waals surface area contributed by atoms with Gasteiger partial charge in [-0.15, -0.1) is 0 Å². The summed E-state index contributed by atoms with van der Waals surface area (Å²) in [5.74, 6) is 0. The molecule has 1 heterocycles. The standard InChI is InChI=1S/C13H19ClN2/c1-2-16-8-4-7-15-10-13(16)11-5-3-6-12(14)9-11/h3,5-6,9,13,15H,2,4,7-8,10H2,1H3. The van der Waals surface area contributed by atoms with Gasteiger partial charge < -0.3 is 5.32 Å². The summed E-state index contributed by atoms with van der Waals surface area (Å²) < 4.78 is 0. The highest BCUT2D eigenvalue weighted by Gasteiger charge is 2.20. The van der Waals surface area contributed by atoms with E-state index in [4.69, 9.17) is 11.6 Å². The molecule has 1 saturated heterocycles. The normalized spacial score (nSPS) is 23.0. The van der Waals surface area contributed by atoms with E-state index in [0.29, 0.717) is 6.04 Å². The Kier molecular flexibility index (Phi) is 4.22. The van der Waals surface area contributed by atoms with Gasteiger partial charge in [0.05, 0.1) is 0 Å². The Morgan fingerprint density at radius 2 is 2.38 bits per heavy atom. The van der Waals surface area contributed by atoms with Crippen molar-refractivity contribution < 1.29 is 0 Å². The average Bonchev–Trinajstić information content (AvgIpc) is 2.53. The van der Waals surface area contributed by atoms with Gasteiger partial charge in [0.15, 0.2) is 0 Å². The third-order valence-corrected chi connectivity index (χ3v) is 3.45. The zero-order chi connectivity index (χ0) is 11.4. The summed E-state index contributed by atoms with van der Waals surface area (Å²) in [5.41, 5.74) is 1.32. The van der Waals surface area contributed by atoms with Crippen LogP contribution in [-0.2, 0) is 0 Å². The highest BCUT2D eigenvalue weighted by Crippen LogP contribution is 2.24. The first-order chi connectivity index (χ1) is 7.81. The molecule has 0 aliphatic carbocycles. The predicted octanol–water partition coefficient (Wildman–Crippen LogP) is 2.70. The van der Waals surface area contributed by atoms with Gasteiger partial charge >= 0.3 is 0 Å². The van der Waals surface area contributed by atoms with Crippen LogP contribution in [0.2, 0.25) is 5.02 Å². The molecular formula is C13H19ClN2. The number of hydrogen-bond acceptors (Lipinski definition) is 2. The van der Waals surface area contributed by atoms with Crippen molar-refractivity contribution in [3.8, 4) is 0 Å². The summed E-state index contributed by atoms with van der Waals surface area (Å²) in [6.45, 7) is 6.63. The fourth-order valence-electron chi connectivity index (χ4n) is 2.35. The smallest absolute Gasteiger partial charge is 0.0473 e. The van der Waals surface area contributed by atoms with Crippen molar-refractivity contribution in [2.45, 2.75) is 19.4 Å². The second-order valence-corrected chi connectivity index (χ2v) is 4.69. The predicted molar refractivity (Wildman–Crippen MR) is 68.9 cm³/mol. The van der Waals surface area contributed by atoms with Gasteiger partial charge in [0.2, 0.25) is 0 Å². The number of likely N-dealkylation sites (N-methyl/N-ethyl adjacent to an activating group) is 1. The van der Waals surface area contributed by atoms with Crippen molar-refractivity contribution in [1.29, 1.82) is 0 Å². The molecule has 16 heavy (non-hydrogen) atoms. The number of rotatable bonds is 2. The fourth-order valence-corrected chi connectivity index (χ4v) is 2.55. The van der Waals surface area contributed by atoms with E-state index in [2.05, 4.69) is 29.3 Å². The van der Waals surface area contributed by atoms with Gasteiger partial charge in [-0.1, -0.05) is 30.7 Å². The molecule has 1 aliphatic rings. The van der Waals surface area contributed by atoms with Gasteiger partial charge in [-0.3, -0.25) is 4.90 Å². The lowest BCUT2D eigenvalue weighted by atomic mass is 10.1. The molecule has 1 fully saturated rings. The van der Waals surface area contributed by atoms with Gasteiger partial charge in [0.1, 0.15) is 0 Å². The topological polar surface area (TPSA) is 15.3 Å². The van der Waals surface area contributed by atoms with Crippen LogP contribution < -0.4 is 5.32 Å². The molecule has 1 aliphatic heterocycles. The zero-order valence-electron chi connectivity index (χ0n) is 9.75. The van der Waals surface area contributed by atoms with E-state index >= 15 is 0 Å². The molecule has 0 aromatic heterocycles. The molecule has 0 radical (unpaired) electrons. The lowest BCUT2D eigenvalue weighted by Gasteiger charge is -2.28. The minimum Gasteiger partial charge on any atom is -0.315 e. The van der Waals surface area contributed by atoms with E-state index in [1.54, 1.807) is 0 Å². The Morgan fingerprint density at radius 3 is 3.12 bits per heavy atom. The number of halogens is 1. The molecule has 1 aromatic rings. The van der Waals surface area contributed by atoms with Crippen LogP contribution in [0.25, 0.3) is 0 Å². The Balaban J connectivity index is 2.21. The first-order valence-corrected chi connectivity index (χ1v) is 6.39. The second-order valence-electron chi connectivity index (χ2n) is 4.26. The third-order valence-electron chi connectivity index (χ3n) is 3.22. The van der Waals surface area contributed by atoms with Crippen molar-refractivity contribution in [2.75, 3.05) is 26.2 Å². The van der Waals surface area contributed by atoms with Crippen molar-refractivity contribution in [3.05, 3.63) is 34.9 Å². The summed E-state index contributed by atoms with van der Waals surface area (Å²) in [6.07, 6.45) is 1.23. The number of nitrogens with zero attached hydrogens (tertiary/aromatic N) is 1. The molecule has 2 nitrogen and oxygen atoms in total. The first kappa shape index (κ1) is 11.9. The van der Waals surface area contributed by atoms with Gasteiger partial charge in [0.25, 0.3) is 0 Å². The van der Waals surface area contributed by atoms with Crippen LogP contribution in [0.4, 0.5) is 0 Å². The maximum atomic E-state index is 6.06. The number of hydrogen-bond donors (Lipinski definition) is 1. The number of benzene rings is 1. The fraction of sp³-hybridized carbons (Fsp3) is 0.538. The number of nitrogens with one attached hydrogen (secondary N) is 1. The van der Waals surface area contributed by atoms with Crippen LogP contribution in [0.3, 0.4) is 0 Å². The molecule has 2 rings (SSSR count). The van der Waals surface area contributed by atoms with Crippen molar-refractivity contribution in [2.24, 2.45) is 0 Å². The lowest BCUT2D eigenvalue weighted by molar-refractivity contribution is 0.222. The maximum Gasteiger partial charge on any atom is 0.0473 e. The lowest BCUT2D eigenvalue weighted by Crippen LogP contribution is -2.32. The highest BCUT2D eigenvalue weighted by atomic mass is 35.5. The van der Waals surface area contributed by atoms with Crippen LogP contribution in [0.5, 0.6) is 0 Å². The molecule has 3 heteroatoms. The Morgan fingerprint density at radius 1 is 1.50 bits per heavy atom. The van der Waals surface area contributed by atoms with E-state index in [1.807, 2.05) is 12.1 Å². The molecule has 0 spiro atoms. The van der Waals surface area contributed by atoms with Crippen molar-refractivity contribution in [1.82, 2.24) is 10.2 Å². The molecule has 88 valence electrons. The van der Waals surface area contributed by atoms with Gasteiger partial charge in [-0.05, 0) is 43.8 Å². The maximum absolute atomic E-state index is 6.06. The minimum atomic E-state index is 0.464. The Hall–Kier alpha value is -0.570. The van der Waals surface area contributed by atoms with E-state index in [9.17, 15) is 0 Å². The molecule has 1 atom stereocenters. The van der Waals surface area contributed by atoms with Crippen LogP contribution >= 0.6 is 11.6 Å². The Labute approximate surface area is 103 Å². The van der Waals surface area contributed by atoms with Gasteiger partial charge in [-0.25, -0.2) is 0 Å². The van der Waals surface area contributed by atoms with E-state index in [0.717, 1.165) is 24.7 Å². The molecule has 1 aromatic carbocycles. The van der Waals surface area contributed by atoms with E-state index < -0.39 is 0 Å².